The molecule has 0 bridgehead atoms. The Balaban J connectivity index is 1.73. The third kappa shape index (κ3) is 6.07. The van der Waals surface area contributed by atoms with Gasteiger partial charge in [0.05, 0.1) is 22.2 Å². The number of para-hydroxylation sites is 1. The average molecular weight is 459 g/mol. The Morgan fingerprint density at radius 2 is 1.68 bits per heavy atom. The molecular formula is C23H23ClN2O4S. The van der Waals surface area contributed by atoms with Crippen LogP contribution in [0.1, 0.15) is 28.4 Å². The van der Waals surface area contributed by atoms with Crippen LogP contribution in [0.5, 0.6) is 0 Å². The van der Waals surface area contributed by atoms with Crippen molar-refractivity contribution in [3.05, 3.63) is 94.5 Å². The molecule has 0 atom stereocenters. The largest absolute Gasteiger partial charge is 0.377 e. The number of rotatable bonds is 9. The maximum Gasteiger partial charge on any atom is 0.261 e. The van der Waals surface area contributed by atoms with E-state index in [0.29, 0.717) is 19.8 Å². The third-order valence-corrected chi connectivity index (χ3v) is 6.24. The Morgan fingerprint density at radius 1 is 0.968 bits per heavy atom. The van der Waals surface area contributed by atoms with Gasteiger partial charge in [-0.15, -0.1) is 0 Å². The molecule has 1 amide bonds. The molecule has 2 N–H and O–H groups in total. The molecule has 0 unspecified atom stereocenters. The second kappa shape index (κ2) is 10.4. The SMILES string of the molecule is CCOCc1ccccc1CNC(=O)c1cccc(S(=O)(=O)Nc2ccccc2Cl)c1. The fourth-order valence-corrected chi connectivity index (χ4v) is 4.28. The summed E-state index contributed by atoms with van der Waals surface area (Å²) in [5.41, 5.74) is 2.44. The summed E-state index contributed by atoms with van der Waals surface area (Å²) in [7, 11) is -3.91. The van der Waals surface area contributed by atoms with Crippen LogP contribution in [0.15, 0.2) is 77.7 Å². The van der Waals surface area contributed by atoms with Crippen molar-refractivity contribution in [3.8, 4) is 0 Å². The van der Waals surface area contributed by atoms with Crippen LogP contribution in [0.25, 0.3) is 0 Å². The molecule has 0 aromatic heterocycles. The molecule has 6 nitrogen and oxygen atoms in total. The van der Waals surface area contributed by atoms with Gasteiger partial charge < -0.3 is 10.1 Å². The molecule has 3 aromatic rings. The smallest absolute Gasteiger partial charge is 0.261 e. The van der Waals surface area contributed by atoms with Gasteiger partial charge in [0, 0.05) is 18.7 Å². The van der Waals surface area contributed by atoms with Gasteiger partial charge in [-0.05, 0) is 48.4 Å². The van der Waals surface area contributed by atoms with Crippen molar-refractivity contribution in [1.29, 1.82) is 0 Å². The van der Waals surface area contributed by atoms with Crippen LogP contribution in [0, 0.1) is 0 Å². The van der Waals surface area contributed by atoms with Gasteiger partial charge in [-0.25, -0.2) is 8.42 Å². The first-order valence-electron chi connectivity index (χ1n) is 9.71. The van der Waals surface area contributed by atoms with Crippen molar-refractivity contribution in [1.82, 2.24) is 5.32 Å². The zero-order chi connectivity index (χ0) is 22.3. The summed E-state index contributed by atoms with van der Waals surface area (Å²) in [6.07, 6.45) is 0. The van der Waals surface area contributed by atoms with Crippen LogP contribution in [0.4, 0.5) is 5.69 Å². The van der Waals surface area contributed by atoms with Gasteiger partial charge >= 0.3 is 0 Å². The van der Waals surface area contributed by atoms with Crippen LogP contribution < -0.4 is 10.0 Å². The molecule has 3 rings (SSSR count). The molecular weight excluding hydrogens is 436 g/mol. The monoisotopic (exact) mass is 458 g/mol. The number of sulfonamides is 1. The van der Waals surface area contributed by atoms with E-state index in [0.717, 1.165) is 11.1 Å². The standard InChI is InChI=1S/C23H23ClN2O4S/c1-2-30-16-19-9-4-3-8-18(19)15-25-23(27)17-10-7-11-20(14-17)31(28,29)26-22-13-6-5-12-21(22)24/h3-14,26H,2,15-16H2,1H3,(H,25,27). The topological polar surface area (TPSA) is 84.5 Å². The summed E-state index contributed by atoms with van der Waals surface area (Å²) in [6, 6.07) is 20.1. The predicted octanol–water partition coefficient (Wildman–Crippen LogP) is 4.61. The lowest BCUT2D eigenvalue weighted by Crippen LogP contribution is -2.24. The second-order valence-corrected chi connectivity index (χ2v) is 8.79. The first-order valence-corrected chi connectivity index (χ1v) is 11.6. The molecule has 0 radical (unpaired) electrons. The summed E-state index contributed by atoms with van der Waals surface area (Å²) in [4.78, 5) is 12.6. The van der Waals surface area contributed by atoms with E-state index in [2.05, 4.69) is 10.0 Å². The lowest BCUT2D eigenvalue weighted by molar-refractivity contribution is 0.0949. The fourth-order valence-electron chi connectivity index (χ4n) is 2.91. The molecule has 8 heteroatoms. The van der Waals surface area contributed by atoms with E-state index in [9.17, 15) is 13.2 Å². The minimum absolute atomic E-state index is 0.0307. The number of amides is 1. The van der Waals surface area contributed by atoms with Gasteiger partial charge in [0.15, 0.2) is 0 Å². The van der Waals surface area contributed by atoms with E-state index in [1.807, 2.05) is 31.2 Å². The number of hydrogen-bond acceptors (Lipinski definition) is 4. The maximum absolute atomic E-state index is 12.7. The van der Waals surface area contributed by atoms with E-state index < -0.39 is 10.0 Å². The molecule has 0 heterocycles. The number of carbonyl (C=O) groups excluding carboxylic acids is 1. The highest BCUT2D eigenvalue weighted by atomic mass is 35.5. The molecule has 0 spiro atoms. The van der Waals surface area contributed by atoms with Crippen molar-refractivity contribution < 1.29 is 17.9 Å². The molecule has 31 heavy (non-hydrogen) atoms. The summed E-state index contributed by atoms with van der Waals surface area (Å²) >= 11 is 6.04. The Hall–Kier alpha value is -2.87. The molecule has 0 saturated heterocycles. The van der Waals surface area contributed by atoms with Gasteiger partial charge in [-0.2, -0.15) is 0 Å². The Bertz CT molecular complexity index is 1170. The maximum atomic E-state index is 12.7. The molecule has 0 fully saturated rings. The molecule has 0 saturated carbocycles. The molecule has 0 aliphatic heterocycles. The first kappa shape index (κ1) is 22.8. The van der Waals surface area contributed by atoms with Gasteiger partial charge in [-0.1, -0.05) is 54.1 Å². The number of carbonyl (C=O) groups is 1. The van der Waals surface area contributed by atoms with Crippen LogP contribution in [-0.2, 0) is 27.9 Å². The number of halogens is 1. The fraction of sp³-hybridized carbons (Fsp3) is 0.174. The highest BCUT2D eigenvalue weighted by Gasteiger charge is 2.18. The Morgan fingerprint density at radius 3 is 2.42 bits per heavy atom. The van der Waals surface area contributed by atoms with Gasteiger partial charge in [-0.3, -0.25) is 9.52 Å². The number of benzene rings is 3. The van der Waals surface area contributed by atoms with Crippen molar-refractivity contribution >= 4 is 33.2 Å². The van der Waals surface area contributed by atoms with Gasteiger partial charge in [0.1, 0.15) is 0 Å². The molecule has 0 aliphatic carbocycles. The number of anilines is 1. The zero-order valence-electron chi connectivity index (χ0n) is 17.0. The zero-order valence-corrected chi connectivity index (χ0v) is 18.5. The van der Waals surface area contributed by atoms with Gasteiger partial charge in [0.2, 0.25) is 0 Å². The summed E-state index contributed by atoms with van der Waals surface area (Å²) in [6.45, 7) is 3.29. The van der Waals surface area contributed by atoms with Crippen molar-refractivity contribution in [3.63, 3.8) is 0 Å². The van der Waals surface area contributed by atoms with E-state index in [-0.39, 0.29) is 27.1 Å². The van der Waals surface area contributed by atoms with Crippen LogP contribution >= 0.6 is 11.6 Å². The van der Waals surface area contributed by atoms with E-state index in [4.69, 9.17) is 16.3 Å². The number of hydrogen-bond donors (Lipinski definition) is 2. The van der Waals surface area contributed by atoms with Crippen molar-refractivity contribution in [2.75, 3.05) is 11.3 Å². The van der Waals surface area contributed by atoms with Gasteiger partial charge in [0.25, 0.3) is 15.9 Å². The van der Waals surface area contributed by atoms with Crippen LogP contribution in [0.3, 0.4) is 0 Å². The highest BCUT2D eigenvalue weighted by Crippen LogP contribution is 2.24. The van der Waals surface area contributed by atoms with Crippen LogP contribution in [0.2, 0.25) is 5.02 Å². The molecule has 3 aromatic carbocycles. The lowest BCUT2D eigenvalue weighted by Gasteiger charge is -2.12. The van der Waals surface area contributed by atoms with Crippen molar-refractivity contribution in [2.24, 2.45) is 0 Å². The molecule has 0 aliphatic rings. The van der Waals surface area contributed by atoms with E-state index >= 15 is 0 Å². The first-order chi connectivity index (χ1) is 14.9. The average Bonchev–Trinajstić information content (AvgIpc) is 2.78. The quantitative estimate of drug-likeness (QED) is 0.490. The summed E-state index contributed by atoms with van der Waals surface area (Å²) < 4.78 is 33.4. The lowest BCUT2D eigenvalue weighted by atomic mass is 10.1. The number of nitrogens with one attached hydrogen (secondary N) is 2. The third-order valence-electron chi connectivity index (χ3n) is 4.54. The van der Waals surface area contributed by atoms with E-state index in [1.54, 1.807) is 30.3 Å². The Kier molecular flexibility index (Phi) is 7.68. The minimum Gasteiger partial charge on any atom is -0.377 e. The Labute approximate surface area is 187 Å². The normalized spacial score (nSPS) is 11.2. The summed E-state index contributed by atoms with van der Waals surface area (Å²) in [5, 5.41) is 3.12. The van der Waals surface area contributed by atoms with E-state index in [1.165, 1.54) is 18.2 Å². The molecule has 162 valence electrons. The van der Waals surface area contributed by atoms with Crippen molar-refractivity contribution in [2.45, 2.75) is 25.0 Å². The minimum atomic E-state index is -3.91. The second-order valence-electron chi connectivity index (χ2n) is 6.70. The highest BCUT2D eigenvalue weighted by molar-refractivity contribution is 7.92. The van der Waals surface area contributed by atoms with Crippen LogP contribution in [-0.4, -0.2) is 20.9 Å². The predicted molar refractivity (Wildman–Crippen MR) is 122 cm³/mol. The summed E-state index contributed by atoms with van der Waals surface area (Å²) in [5.74, 6) is -0.374. The number of ether oxygens (including phenoxy) is 1.